The molecule has 1 atom stereocenters. The predicted octanol–water partition coefficient (Wildman–Crippen LogP) is 0.676. The summed E-state index contributed by atoms with van der Waals surface area (Å²) in [6.45, 7) is 3.80. The van der Waals surface area contributed by atoms with E-state index in [9.17, 15) is 14.4 Å². The van der Waals surface area contributed by atoms with E-state index in [1.54, 1.807) is 11.4 Å². The van der Waals surface area contributed by atoms with Gasteiger partial charge in [0.25, 0.3) is 5.56 Å². The average molecular weight is 295 g/mol. The van der Waals surface area contributed by atoms with Gasteiger partial charge in [-0.15, -0.1) is 11.3 Å². The predicted molar refractivity (Wildman–Crippen MR) is 79.2 cm³/mol. The highest BCUT2D eigenvalue weighted by Gasteiger charge is 2.15. The fourth-order valence-corrected chi connectivity index (χ4v) is 2.79. The minimum absolute atomic E-state index is 0.0590. The maximum absolute atomic E-state index is 12.1. The van der Waals surface area contributed by atoms with Crippen molar-refractivity contribution in [3.8, 4) is 0 Å². The first kappa shape index (κ1) is 14.5. The van der Waals surface area contributed by atoms with Crippen LogP contribution in [-0.4, -0.2) is 21.1 Å². The van der Waals surface area contributed by atoms with Crippen LogP contribution in [-0.2, 0) is 18.4 Å². The van der Waals surface area contributed by atoms with Crippen LogP contribution < -0.4 is 16.6 Å². The van der Waals surface area contributed by atoms with Gasteiger partial charge in [0.05, 0.1) is 5.52 Å². The van der Waals surface area contributed by atoms with Crippen LogP contribution in [0.1, 0.15) is 20.3 Å². The van der Waals surface area contributed by atoms with Gasteiger partial charge in [-0.2, -0.15) is 0 Å². The Kier molecular flexibility index (Phi) is 4.08. The van der Waals surface area contributed by atoms with Gasteiger partial charge >= 0.3 is 5.69 Å². The van der Waals surface area contributed by atoms with Crippen LogP contribution >= 0.6 is 11.3 Å². The summed E-state index contributed by atoms with van der Waals surface area (Å²) < 4.78 is 2.86. The second kappa shape index (κ2) is 5.62. The topological polar surface area (TPSA) is 73.1 Å². The van der Waals surface area contributed by atoms with E-state index in [-0.39, 0.29) is 24.1 Å². The molecule has 0 saturated carbocycles. The zero-order chi connectivity index (χ0) is 14.9. The van der Waals surface area contributed by atoms with Gasteiger partial charge in [-0.1, -0.05) is 6.92 Å². The normalized spacial score (nSPS) is 12.6. The minimum atomic E-state index is -0.472. The number of rotatable bonds is 4. The second-order valence-electron chi connectivity index (χ2n) is 4.74. The Balaban J connectivity index is 2.45. The monoisotopic (exact) mass is 295 g/mol. The van der Waals surface area contributed by atoms with Crippen molar-refractivity contribution in [2.24, 2.45) is 7.05 Å². The Morgan fingerprint density at radius 3 is 2.80 bits per heavy atom. The van der Waals surface area contributed by atoms with Gasteiger partial charge in [0, 0.05) is 13.1 Å². The van der Waals surface area contributed by atoms with Crippen molar-refractivity contribution in [1.29, 1.82) is 0 Å². The zero-order valence-corrected chi connectivity index (χ0v) is 12.5. The molecule has 2 heterocycles. The van der Waals surface area contributed by atoms with Crippen molar-refractivity contribution < 1.29 is 4.79 Å². The van der Waals surface area contributed by atoms with Crippen molar-refractivity contribution in [1.82, 2.24) is 14.5 Å². The second-order valence-corrected chi connectivity index (χ2v) is 5.66. The molecule has 0 fully saturated rings. The van der Waals surface area contributed by atoms with Crippen molar-refractivity contribution in [2.45, 2.75) is 32.9 Å². The number of carbonyl (C=O) groups excluding carboxylic acids is 1. The summed E-state index contributed by atoms with van der Waals surface area (Å²) >= 11 is 1.27. The number of hydrogen-bond donors (Lipinski definition) is 1. The lowest BCUT2D eigenvalue weighted by atomic mass is 10.2. The molecule has 2 aromatic rings. The SMILES string of the molecule is CC[C@@H](C)NC(=O)Cn1c(=O)n(C)c(=O)c2sccc21. The molecule has 2 rings (SSSR count). The first-order valence-corrected chi connectivity index (χ1v) is 7.30. The Morgan fingerprint density at radius 2 is 2.15 bits per heavy atom. The number of hydrogen-bond acceptors (Lipinski definition) is 4. The Labute approximate surface area is 119 Å². The van der Waals surface area contributed by atoms with Gasteiger partial charge in [0.1, 0.15) is 11.2 Å². The van der Waals surface area contributed by atoms with Crippen LogP contribution in [0.4, 0.5) is 0 Å². The first-order chi connectivity index (χ1) is 9.45. The third-order valence-electron chi connectivity index (χ3n) is 3.27. The van der Waals surface area contributed by atoms with Gasteiger partial charge < -0.3 is 5.32 Å². The van der Waals surface area contributed by atoms with E-state index in [1.807, 2.05) is 13.8 Å². The van der Waals surface area contributed by atoms with E-state index in [2.05, 4.69) is 5.32 Å². The first-order valence-electron chi connectivity index (χ1n) is 6.42. The maximum Gasteiger partial charge on any atom is 0.331 e. The van der Waals surface area contributed by atoms with Crippen LogP contribution in [0.2, 0.25) is 0 Å². The van der Waals surface area contributed by atoms with Crippen molar-refractivity contribution in [3.63, 3.8) is 0 Å². The number of amides is 1. The molecule has 0 aliphatic heterocycles. The molecule has 0 unspecified atom stereocenters. The molecule has 20 heavy (non-hydrogen) atoms. The van der Waals surface area contributed by atoms with E-state index >= 15 is 0 Å². The number of carbonyl (C=O) groups is 1. The van der Waals surface area contributed by atoms with Crippen LogP contribution in [0.5, 0.6) is 0 Å². The number of nitrogens with zero attached hydrogens (tertiary/aromatic N) is 2. The highest BCUT2D eigenvalue weighted by Crippen LogP contribution is 2.14. The number of fused-ring (bicyclic) bond motifs is 1. The van der Waals surface area contributed by atoms with E-state index in [1.165, 1.54) is 23.0 Å². The average Bonchev–Trinajstić information content (AvgIpc) is 2.90. The van der Waals surface area contributed by atoms with Crippen LogP contribution in [0.15, 0.2) is 21.0 Å². The van der Waals surface area contributed by atoms with Crippen molar-refractivity contribution in [3.05, 3.63) is 32.3 Å². The molecule has 0 bridgehead atoms. The smallest absolute Gasteiger partial charge is 0.331 e. The van der Waals surface area contributed by atoms with E-state index in [0.717, 1.165) is 11.0 Å². The molecule has 2 aromatic heterocycles. The summed E-state index contributed by atoms with van der Waals surface area (Å²) in [7, 11) is 1.42. The standard InChI is InChI=1S/C13H17N3O3S/c1-4-8(2)14-10(17)7-16-9-5-6-20-11(9)12(18)15(3)13(16)19/h5-6,8H,4,7H2,1-3H3,(H,14,17)/t8-/m1/s1. The maximum atomic E-state index is 12.1. The molecule has 0 aliphatic rings. The van der Waals surface area contributed by atoms with Gasteiger partial charge in [-0.3, -0.25) is 18.7 Å². The highest BCUT2D eigenvalue weighted by molar-refractivity contribution is 7.17. The van der Waals surface area contributed by atoms with Gasteiger partial charge in [0.2, 0.25) is 5.91 Å². The van der Waals surface area contributed by atoms with E-state index in [0.29, 0.717) is 10.2 Å². The van der Waals surface area contributed by atoms with Crippen LogP contribution in [0, 0.1) is 0 Å². The molecule has 108 valence electrons. The summed E-state index contributed by atoms with van der Waals surface area (Å²) in [5.41, 5.74) is -0.277. The lowest BCUT2D eigenvalue weighted by Crippen LogP contribution is -2.42. The summed E-state index contributed by atoms with van der Waals surface area (Å²) in [4.78, 5) is 36.0. The van der Waals surface area contributed by atoms with Crippen molar-refractivity contribution in [2.75, 3.05) is 0 Å². The molecule has 0 aliphatic carbocycles. The molecule has 0 spiro atoms. The highest BCUT2D eigenvalue weighted by atomic mass is 32.1. The molecule has 1 amide bonds. The Morgan fingerprint density at radius 1 is 1.45 bits per heavy atom. The molecular weight excluding hydrogens is 278 g/mol. The fourth-order valence-electron chi connectivity index (χ4n) is 1.92. The van der Waals surface area contributed by atoms with Crippen LogP contribution in [0.3, 0.4) is 0 Å². The largest absolute Gasteiger partial charge is 0.352 e. The lowest BCUT2D eigenvalue weighted by molar-refractivity contribution is -0.122. The van der Waals surface area contributed by atoms with Gasteiger partial charge in [-0.25, -0.2) is 4.79 Å². The molecular formula is C13H17N3O3S. The summed E-state index contributed by atoms with van der Waals surface area (Å²) in [5, 5.41) is 4.56. The molecule has 6 nitrogen and oxygen atoms in total. The quantitative estimate of drug-likeness (QED) is 0.901. The molecule has 7 heteroatoms. The fraction of sp³-hybridized carbons (Fsp3) is 0.462. The molecule has 0 aromatic carbocycles. The Bertz CT molecular complexity index is 756. The molecule has 0 saturated heterocycles. The summed E-state index contributed by atoms with van der Waals surface area (Å²) in [5.74, 6) is -0.229. The van der Waals surface area contributed by atoms with Gasteiger partial charge in [0.15, 0.2) is 0 Å². The number of aromatic nitrogens is 2. The summed E-state index contributed by atoms with van der Waals surface area (Å²) in [6, 6.07) is 1.75. The van der Waals surface area contributed by atoms with Gasteiger partial charge in [-0.05, 0) is 24.8 Å². The number of nitrogens with one attached hydrogen (secondary N) is 1. The zero-order valence-electron chi connectivity index (χ0n) is 11.7. The number of thiophene rings is 1. The third kappa shape index (κ3) is 2.53. The lowest BCUT2D eigenvalue weighted by Gasteiger charge is -2.13. The van der Waals surface area contributed by atoms with Crippen molar-refractivity contribution >= 4 is 27.5 Å². The molecule has 1 N–H and O–H groups in total. The van der Waals surface area contributed by atoms with E-state index in [4.69, 9.17) is 0 Å². The third-order valence-corrected chi connectivity index (χ3v) is 4.17. The summed E-state index contributed by atoms with van der Waals surface area (Å²) in [6.07, 6.45) is 0.821. The van der Waals surface area contributed by atoms with E-state index < -0.39 is 5.69 Å². The Hall–Kier alpha value is -1.89. The minimum Gasteiger partial charge on any atom is -0.352 e. The van der Waals surface area contributed by atoms with Crippen LogP contribution in [0.25, 0.3) is 10.2 Å². The molecule has 0 radical (unpaired) electrons.